The Balaban J connectivity index is 1.91. The number of rotatable bonds is 1. The van der Waals surface area contributed by atoms with Gasteiger partial charge in [-0.15, -0.1) is 0 Å². The van der Waals surface area contributed by atoms with Gasteiger partial charge >= 0.3 is 0 Å². The van der Waals surface area contributed by atoms with Crippen molar-refractivity contribution in [2.75, 3.05) is 24.5 Å². The summed E-state index contributed by atoms with van der Waals surface area (Å²) in [6.07, 6.45) is 2.64. The zero-order valence-electron chi connectivity index (χ0n) is 10.6. The number of anilines is 1. The molecule has 2 unspecified atom stereocenters. The molecule has 2 aliphatic rings. The minimum atomic E-state index is 0.637. The van der Waals surface area contributed by atoms with Gasteiger partial charge in [-0.2, -0.15) is 0 Å². The average Bonchev–Trinajstić information content (AvgIpc) is 2.75. The summed E-state index contributed by atoms with van der Waals surface area (Å²) in [6.45, 7) is 7.44. The number of nitrogens with zero attached hydrogens (tertiary/aromatic N) is 3. The predicted octanol–water partition coefficient (Wildman–Crippen LogP) is 1.28. The maximum atomic E-state index is 4.61. The van der Waals surface area contributed by atoms with Gasteiger partial charge in [0.1, 0.15) is 11.6 Å². The Bertz CT molecular complexity index is 398. The summed E-state index contributed by atoms with van der Waals surface area (Å²) >= 11 is 0. The van der Waals surface area contributed by atoms with Crippen LogP contribution in [0.3, 0.4) is 0 Å². The summed E-state index contributed by atoms with van der Waals surface area (Å²) in [4.78, 5) is 11.4. The van der Waals surface area contributed by atoms with Crippen LogP contribution in [0.4, 0.5) is 5.82 Å². The van der Waals surface area contributed by atoms with Crippen LogP contribution in [0.25, 0.3) is 0 Å². The molecule has 2 atom stereocenters. The highest BCUT2D eigenvalue weighted by molar-refractivity contribution is 5.42. The smallest absolute Gasteiger partial charge is 0.132 e. The zero-order chi connectivity index (χ0) is 11.8. The van der Waals surface area contributed by atoms with Gasteiger partial charge in [0.25, 0.3) is 0 Å². The van der Waals surface area contributed by atoms with Crippen LogP contribution in [0.15, 0.2) is 6.07 Å². The van der Waals surface area contributed by atoms with Gasteiger partial charge < -0.3 is 10.2 Å². The van der Waals surface area contributed by atoms with Crippen LogP contribution >= 0.6 is 0 Å². The number of piperidine rings is 1. The van der Waals surface area contributed by atoms with Gasteiger partial charge in [-0.05, 0) is 32.6 Å². The summed E-state index contributed by atoms with van der Waals surface area (Å²) in [6, 6.07) is 2.76. The molecular formula is C13H20N4. The Labute approximate surface area is 102 Å². The van der Waals surface area contributed by atoms with E-state index in [-0.39, 0.29) is 0 Å². The predicted molar refractivity (Wildman–Crippen MR) is 68.2 cm³/mol. The molecule has 17 heavy (non-hydrogen) atoms. The Hall–Kier alpha value is -1.16. The molecule has 4 heteroatoms. The number of hydrogen-bond donors (Lipinski definition) is 1. The Morgan fingerprint density at radius 3 is 3.00 bits per heavy atom. The van der Waals surface area contributed by atoms with Crippen molar-refractivity contribution in [2.45, 2.75) is 32.7 Å². The van der Waals surface area contributed by atoms with Crippen molar-refractivity contribution in [3.63, 3.8) is 0 Å². The topological polar surface area (TPSA) is 41.0 Å². The van der Waals surface area contributed by atoms with Gasteiger partial charge in [-0.1, -0.05) is 0 Å². The molecule has 3 rings (SSSR count). The summed E-state index contributed by atoms with van der Waals surface area (Å²) in [5.74, 6) is 2.81. The monoisotopic (exact) mass is 232 g/mol. The van der Waals surface area contributed by atoms with E-state index in [1.165, 1.54) is 19.4 Å². The molecule has 0 radical (unpaired) electrons. The Kier molecular flexibility index (Phi) is 2.74. The molecule has 92 valence electrons. The highest BCUT2D eigenvalue weighted by Crippen LogP contribution is 2.29. The highest BCUT2D eigenvalue weighted by Gasteiger charge is 2.35. The van der Waals surface area contributed by atoms with Crippen molar-refractivity contribution in [3.8, 4) is 0 Å². The molecule has 0 amide bonds. The van der Waals surface area contributed by atoms with Crippen molar-refractivity contribution in [2.24, 2.45) is 5.92 Å². The van der Waals surface area contributed by atoms with Gasteiger partial charge in [-0.25, -0.2) is 9.97 Å². The molecule has 3 heterocycles. The fourth-order valence-electron chi connectivity index (χ4n) is 3.20. The number of fused-ring (bicyclic) bond motifs is 1. The quantitative estimate of drug-likeness (QED) is 0.792. The molecule has 0 bridgehead atoms. The summed E-state index contributed by atoms with van der Waals surface area (Å²) in [5, 5.41) is 3.51. The molecular weight excluding hydrogens is 212 g/mol. The summed E-state index contributed by atoms with van der Waals surface area (Å²) < 4.78 is 0. The second kappa shape index (κ2) is 4.26. The first-order valence-electron chi connectivity index (χ1n) is 6.53. The average molecular weight is 232 g/mol. The molecule has 0 aromatic carbocycles. The number of hydrogen-bond acceptors (Lipinski definition) is 4. The fraction of sp³-hybridized carbons (Fsp3) is 0.692. The third kappa shape index (κ3) is 2.02. The van der Waals surface area contributed by atoms with Gasteiger partial charge in [0.2, 0.25) is 0 Å². The highest BCUT2D eigenvalue weighted by atomic mass is 15.3. The van der Waals surface area contributed by atoms with Gasteiger partial charge in [0, 0.05) is 37.4 Å². The van der Waals surface area contributed by atoms with Crippen LogP contribution in [0.2, 0.25) is 0 Å². The van der Waals surface area contributed by atoms with E-state index in [9.17, 15) is 0 Å². The van der Waals surface area contributed by atoms with E-state index >= 15 is 0 Å². The van der Waals surface area contributed by atoms with Crippen LogP contribution in [0.5, 0.6) is 0 Å². The second-order valence-electron chi connectivity index (χ2n) is 5.24. The van der Waals surface area contributed by atoms with Crippen LogP contribution in [-0.2, 0) is 0 Å². The molecule has 0 aliphatic carbocycles. The minimum Gasteiger partial charge on any atom is -0.352 e. The van der Waals surface area contributed by atoms with E-state index in [2.05, 4.69) is 26.3 Å². The van der Waals surface area contributed by atoms with Crippen LogP contribution in [0.1, 0.15) is 24.4 Å². The third-order valence-corrected chi connectivity index (χ3v) is 3.93. The molecule has 2 saturated heterocycles. The Morgan fingerprint density at radius 1 is 1.29 bits per heavy atom. The number of nitrogens with one attached hydrogen (secondary N) is 1. The molecule has 0 spiro atoms. The number of aryl methyl sites for hydroxylation is 2. The molecule has 1 aromatic heterocycles. The van der Waals surface area contributed by atoms with Gasteiger partial charge in [0.05, 0.1) is 0 Å². The van der Waals surface area contributed by atoms with Crippen LogP contribution < -0.4 is 10.2 Å². The molecule has 2 fully saturated rings. The fourth-order valence-corrected chi connectivity index (χ4v) is 3.20. The SMILES string of the molecule is Cc1cc(N2CCCC3CNCC32)nc(C)n1. The first-order valence-corrected chi connectivity index (χ1v) is 6.53. The molecule has 0 saturated carbocycles. The minimum absolute atomic E-state index is 0.637. The van der Waals surface area contributed by atoms with E-state index in [0.717, 1.165) is 36.3 Å². The molecule has 1 N–H and O–H groups in total. The standard InChI is InChI=1S/C13H20N4/c1-9-6-13(16-10(2)15-9)17-5-3-4-11-7-14-8-12(11)17/h6,11-12,14H,3-5,7-8H2,1-2H3. The Morgan fingerprint density at radius 2 is 2.18 bits per heavy atom. The summed E-state index contributed by atoms with van der Waals surface area (Å²) in [7, 11) is 0. The summed E-state index contributed by atoms with van der Waals surface area (Å²) in [5.41, 5.74) is 1.07. The lowest BCUT2D eigenvalue weighted by atomic mass is 9.92. The van der Waals surface area contributed by atoms with E-state index in [1.807, 2.05) is 13.8 Å². The second-order valence-corrected chi connectivity index (χ2v) is 5.24. The third-order valence-electron chi connectivity index (χ3n) is 3.93. The maximum Gasteiger partial charge on any atom is 0.132 e. The lowest BCUT2D eigenvalue weighted by molar-refractivity contribution is 0.383. The van der Waals surface area contributed by atoms with Crippen LogP contribution in [0, 0.1) is 19.8 Å². The normalized spacial score (nSPS) is 28.2. The van der Waals surface area contributed by atoms with Crippen LogP contribution in [-0.4, -0.2) is 35.6 Å². The van der Waals surface area contributed by atoms with Gasteiger partial charge in [-0.3, -0.25) is 0 Å². The largest absolute Gasteiger partial charge is 0.352 e. The molecule has 4 nitrogen and oxygen atoms in total. The van der Waals surface area contributed by atoms with Crippen molar-refractivity contribution in [1.82, 2.24) is 15.3 Å². The zero-order valence-corrected chi connectivity index (χ0v) is 10.6. The molecule has 1 aromatic rings. The van der Waals surface area contributed by atoms with E-state index in [4.69, 9.17) is 0 Å². The number of aromatic nitrogens is 2. The first kappa shape index (κ1) is 11.0. The van der Waals surface area contributed by atoms with E-state index in [0.29, 0.717) is 6.04 Å². The van der Waals surface area contributed by atoms with E-state index < -0.39 is 0 Å². The lowest BCUT2D eigenvalue weighted by Gasteiger charge is -2.38. The van der Waals surface area contributed by atoms with Crippen molar-refractivity contribution in [3.05, 3.63) is 17.6 Å². The van der Waals surface area contributed by atoms with Gasteiger partial charge in [0.15, 0.2) is 0 Å². The van der Waals surface area contributed by atoms with Crippen molar-refractivity contribution < 1.29 is 0 Å². The molecule has 2 aliphatic heterocycles. The lowest BCUT2D eigenvalue weighted by Crippen LogP contribution is -2.45. The van der Waals surface area contributed by atoms with Crippen molar-refractivity contribution in [1.29, 1.82) is 0 Å². The first-order chi connectivity index (χ1) is 8.24. The van der Waals surface area contributed by atoms with Crippen molar-refractivity contribution >= 4 is 5.82 Å². The maximum absolute atomic E-state index is 4.61. The van der Waals surface area contributed by atoms with E-state index in [1.54, 1.807) is 0 Å².